The molecule has 5 rings (SSSR count). The van der Waals surface area contributed by atoms with Crippen LogP contribution < -0.4 is 0 Å². The zero-order valence-corrected chi connectivity index (χ0v) is 19.1. The van der Waals surface area contributed by atoms with Crippen LogP contribution in [0.15, 0.2) is 77.4 Å². The molecular weight excluding hydrogens is 444 g/mol. The number of nitrogens with zero attached hydrogens (tertiary/aromatic N) is 4. The Morgan fingerprint density at radius 1 is 0.848 bits per heavy atom. The summed E-state index contributed by atoms with van der Waals surface area (Å²) in [4.78, 5) is 6.70. The molecule has 0 atom stereocenters. The highest BCUT2D eigenvalue weighted by Crippen LogP contribution is 2.49. The maximum absolute atomic E-state index is 9.68. The van der Waals surface area contributed by atoms with Crippen LogP contribution in [0.3, 0.4) is 0 Å². The number of hydrogen-bond acceptors (Lipinski definition) is 6. The van der Waals surface area contributed by atoms with Crippen molar-refractivity contribution in [1.82, 2.24) is 4.98 Å². The number of fused-ring (bicyclic) bond motifs is 2. The smallest absolute Gasteiger partial charge is 0.138 e. The van der Waals surface area contributed by atoms with Gasteiger partial charge in [-0.05, 0) is 35.8 Å². The van der Waals surface area contributed by atoms with Gasteiger partial charge in [-0.3, -0.25) is 0 Å². The molecule has 0 saturated carbocycles. The van der Waals surface area contributed by atoms with Crippen molar-refractivity contribution >= 4 is 49.4 Å². The Morgan fingerprint density at radius 2 is 1.52 bits per heavy atom. The molecule has 4 aromatic rings. The van der Waals surface area contributed by atoms with Gasteiger partial charge in [0.1, 0.15) is 27.5 Å². The first-order valence-electron chi connectivity index (χ1n) is 10.1. The first kappa shape index (κ1) is 20.6. The monoisotopic (exact) mass is 458 g/mol. The Kier molecular flexibility index (Phi) is 5.21. The predicted octanol–water partition coefficient (Wildman–Crippen LogP) is 7.22. The average molecular weight is 459 g/mol. The fraction of sp³-hybridized carbons (Fsp3) is 0.0370. The SMILES string of the molecule is CC(C#N)=C1/C(=C\c2cc3sc(-c4ccccc4)nc3s2)C(=C(C#N)C#N)c2ccccc21. The summed E-state index contributed by atoms with van der Waals surface area (Å²) in [6.45, 7) is 1.77. The molecule has 0 radical (unpaired) electrons. The summed E-state index contributed by atoms with van der Waals surface area (Å²) in [6, 6.07) is 26.1. The third-order valence-corrected chi connectivity index (χ3v) is 7.59. The molecule has 0 saturated heterocycles. The molecular formula is C27H14N4S2. The summed E-state index contributed by atoms with van der Waals surface area (Å²) in [5.41, 5.74) is 5.41. The summed E-state index contributed by atoms with van der Waals surface area (Å²) >= 11 is 3.19. The summed E-state index contributed by atoms with van der Waals surface area (Å²) in [6.07, 6.45) is 1.97. The first-order valence-corrected chi connectivity index (χ1v) is 11.7. The fourth-order valence-electron chi connectivity index (χ4n) is 4.01. The van der Waals surface area contributed by atoms with Crippen LogP contribution in [0.1, 0.15) is 22.9 Å². The fourth-order valence-corrected chi connectivity index (χ4v) is 6.19. The number of hydrogen-bond donors (Lipinski definition) is 0. The quantitative estimate of drug-likeness (QED) is 0.297. The van der Waals surface area contributed by atoms with Gasteiger partial charge in [-0.15, -0.1) is 22.7 Å². The number of nitriles is 3. The number of allylic oxidation sites excluding steroid dienone is 5. The van der Waals surface area contributed by atoms with Crippen LogP contribution in [0.2, 0.25) is 0 Å². The molecule has 0 N–H and O–H groups in total. The van der Waals surface area contributed by atoms with Gasteiger partial charge >= 0.3 is 0 Å². The molecule has 0 spiro atoms. The van der Waals surface area contributed by atoms with Crippen molar-refractivity contribution < 1.29 is 0 Å². The Morgan fingerprint density at radius 3 is 2.15 bits per heavy atom. The van der Waals surface area contributed by atoms with Gasteiger partial charge in [-0.1, -0.05) is 54.6 Å². The van der Waals surface area contributed by atoms with Crippen LogP contribution in [-0.4, -0.2) is 4.98 Å². The largest absolute Gasteiger partial charge is 0.225 e. The van der Waals surface area contributed by atoms with E-state index in [4.69, 9.17) is 4.98 Å². The van der Waals surface area contributed by atoms with E-state index < -0.39 is 0 Å². The second-order valence-corrected chi connectivity index (χ2v) is 9.49. The first-order chi connectivity index (χ1) is 16.1. The minimum atomic E-state index is 0.0392. The highest BCUT2D eigenvalue weighted by molar-refractivity contribution is 7.29. The van der Waals surface area contributed by atoms with Crippen molar-refractivity contribution in [3.05, 3.63) is 93.4 Å². The van der Waals surface area contributed by atoms with Crippen molar-refractivity contribution in [3.63, 3.8) is 0 Å². The molecule has 33 heavy (non-hydrogen) atoms. The third kappa shape index (κ3) is 3.47. The number of benzene rings is 2. The number of aromatic nitrogens is 1. The van der Waals surface area contributed by atoms with Gasteiger partial charge in [0, 0.05) is 27.2 Å². The second-order valence-electron chi connectivity index (χ2n) is 7.39. The highest BCUT2D eigenvalue weighted by Gasteiger charge is 2.31. The van der Waals surface area contributed by atoms with Crippen molar-refractivity contribution in [3.8, 4) is 28.8 Å². The molecule has 6 heteroatoms. The number of thiazole rings is 1. The number of rotatable bonds is 2. The predicted molar refractivity (Wildman–Crippen MR) is 134 cm³/mol. The van der Waals surface area contributed by atoms with Crippen molar-refractivity contribution in [1.29, 1.82) is 15.8 Å². The highest BCUT2D eigenvalue weighted by atomic mass is 32.1. The van der Waals surface area contributed by atoms with Gasteiger partial charge in [0.25, 0.3) is 0 Å². The molecule has 2 heterocycles. The van der Waals surface area contributed by atoms with Crippen molar-refractivity contribution in [2.24, 2.45) is 0 Å². The van der Waals surface area contributed by atoms with E-state index in [0.717, 1.165) is 47.3 Å². The molecule has 2 aromatic carbocycles. The minimum absolute atomic E-state index is 0.0392. The van der Waals surface area contributed by atoms with E-state index >= 15 is 0 Å². The second kappa shape index (κ2) is 8.34. The van der Waals surface area contributed by atoms with Crippen LogP contribution in [0.5, 0.6) is 0 Å². The van der Waals surface area contributed by atoms with Crippen molar-refractivity contribution in [2.75, 3.05) is 0 Å². The Hall–Kier alpha value is -4.28. The van der Waals surface area contributed by atoms with E-state index in [-0.39, 0.29) is 5.57 Å². The van der Waals surface area contributed by atoms with Crippen LogP contribution in [0, 0.1) is 34.0 Å². The molecule has 0 unspecified atom stereocenters. The topological polar surface area (TPSA) is 84.3 Å². The lowest BCUT2D eigenvalue weighted by atomic mass is 9.96. The maximum Gasteiger partial charge on any atom is 0.138 e. The maximum atomic E-state index is 9.68. The Balaban J connectivity index is 1.70. The van der Waals surface area contributed by atoms with E-state index in [9.17, 15) is 15.8 Å². The lowest BCUT2D eigenvalue weighted by molar-refractivity contribution is 1.44. The summed E-state index contributed by atoms with van der Waals surface area (Å²) < 4.78 is 1.08. The normalized spacial score (nSPS) is 15.1. The molecule has 4 nitrogen and oxygen atoms in total. The minimum Gasteiger partial charge on any atom is -0.225 e. The third-order valence-electron chi connectivity index (χ3n) is 5.44. The molecule has 1 aliphatic carbocycles. The van der Waals surface area contributed by atoms with E-state index in [0.29, 0.717) is 11.1 Å². The Labute approximate surface area is 198 Å². The average Bonchev–Trinajstić information content (AvgIpc) is 3.51. The van der Waals surface area contributed by atoms with Gasteiger partial charge in [-0.2, -0.15) is 15.8 Å². The lowest BCUT2D eigenvalue weighted by Crippen LogP contribution is -1.88. The lowest BCUT2D eigenvalue weighted by Gasteiger charge is -2.05. The molecule has 154 valence electrons. The molecule has 0 aliphatic heterocycles. The van der Waals surface area contributed by atoms with Crippen LogP contribution >= 0.6 is 22.7 Å². The van der Waals surface area contributed by atoms with E-state index in [1.54, 1.807) is 29.6 Å². The molecule has 1 aliphatic rings. The summed E-state index contributed by atoms with van der Waals surface area (Å²) in [5.74, 6) is 0. The molecule has 0 fully saturated rings. The van der Waals surface area contributed by atoms with Gasteiger partial charge in [0.15, 0.2) is 0 Å². The van der Waals surface area contributed by atoms with Crippen LogP contribution in [0.25, 0.3) is 37.3 Å². The number of thiophene rings is 1. The van der Waals surface area contributed by atoms with Crippen LogP contribution in [0.4, 0.5) is 0 Å². The molecule has 2 aromatic heterocycles. The van der Waals surface area contributed by atoms with Gasteiger partial charge < -0.3 is 0 Å². The molecule has 0 bridgehead atoms. The summed E-state index contributed by atoms with van der Waals surface area (Å²) in [7, 11) is 0. The van der Waals surface area contributed by atoms with Crippen LogP contribution in [-0.2, 0) is 0 Å². The molecule has 0 amide bonds. The van der Waals surface area contributed by atoms with E-state index in [1.165, 1.54) is 0 Å². The van der Waals surface area contributed by atoms with Crippen molar-refractivity contribution in [2.45, 2.75) is 6.92 Å². The van der Waals surface area contributed by atoms with E-state index in [2.05, 4.69) is 12.1 Å². The van der Waals surface area contributed by atoms with Gasteiger partial charge in [-0.25, -0.2) is 4.98 Å². The van der Waals surface area contributed by atoms with E-state index in [1.807, 2.05) is 72.8 Å². The Bertz CT molecular complexity index is 1590. The standard InChI is InChI=1S/C27H14N4S2/c1-16(13-28)24-20-9-5-6-10-21(20)25(18(14-29)15-30)22(24)11-19-12-23-27(32-19)31-26(33-23)17-7-3-2-4-8-17/h2-12H,1H3/b22-11+,24-16?. The zero-order chi connectivity index (χ0) is 22.9. The van der Waals surface area contributed by atoms with Gasteiger partial charge in [0.2, 0.25) is 0 Å². The van der Waals surface area contributed by atoms with Gasteiger partial charge in [0.05, 0.1) is 10.8 Å². The zero-order valence-electron chi connectivity index (χ0n) is 17.5. The summed E-state index contributed by atoms with van der Waals surface area (Å²) in [5, 5.41) is 30.0.